The van der Waals surface area contributed by atoms with E-state index in [4.69, 9.17) is 0 Å². The number of anilines is 1. The second kappa shape index (κ2) is 4.16. The van der Waals surface area contributed by atoms with Crippen molar-refractivity contribution in [3.63, 3.8) is 0 Å². The zero-order valence-electron chi connectivity index (χ0n) is 8.42. The molecule has 1 rings (SSSR count). The third kappa shape index (κ3) is 2.14. The number of hydrogen-bond acceptors (Lipinski definition) is 2. The summed E-state index contributed by atoms with van der Waals surface area (Å²) in [5, 5.41) is 5.97. The van der Waals surface area contributed by atoms with Crippen molar-refractivity contribution in [3.05, 3.63) is 5.69 Å². The quantitative estimate of drug-likeness (QED) is 0.683. The van der Waals surface area contributed by atoms with Crippen LogP contribution in [0.25, 0.3) is 0 Å². The smallest absolute Gasteiger partial charge is 0.171 e. The van der Waals surface area contributed by atoms with E-state index < -0.39 is 0 Å². The first-order valence-electron chi connectivity index (χ1n) is 4.60. The van der Waals surface area contributed by atoms with E-state index >= 15 is 0 Å². The topological polar surface area (TPSA) is 49.8 Å². The summed E-state index contributed by atoms with van der Waals surface area (Å²) in [5.74, 6) is 1.48. The monoisotopic (exact) mass is 183 g/mol. The summed E-state index contributed by atoms with van der Waals surface area (Å²) in [5.41, 5.74) is 0.725. The Morgan fingerprint density at radius 1 is 1.62 bits per heavy atom. The first-order chi connectivity index (χ1) is 6.19. The van der Waals surface area contributed by atoms with Crippen LogP contribution in [0.2, 0.25) is 0 Å². The molecule has 4 heteroatoms. The SMILES string of the molecule is CNc1[nH]n(CCC(C)C)c1C=O. The van der Waals surface area contributed by atoms with E-state index in [1.54, 1.807) is 7.05 Å². The molecule has 0 aliphatic heterocycles. The lowest BCUT2D eigenvalue weighted by Crippen LogP contribution is -2.20. The number of aromatic nitrogens is 2. The van der Waals surface area contributed by atoms with Gasteiger partial charge in [0, 0.05) is 13.6 Å². The standard InChI is InChI=1S/C9H17N3O/c1-7(2)4-5-12-8(6-13)9(10-3)11-12/h6-7,10-11H,4-5H2,1-3H3. The first-order valence-corrected chi connectivity index (χ1v) is 4.60. The van der Waals surface area contributed by atoms with Crippen LogP contribution >= 0.6 is 0 Å². The molecule has 0 aliphatic carbocycles. The molecule has 0 unspecified atom stereocenters. The summed E-state index contributed by atoms with van der Waals surface area (Å²) in [6.07, 6.45) is 1.96. The Balaban J connectivity index is 2.53. The van der Waals surface area contributed by atoms with Crippen LogP contribution in [0.15, 0.2) is 0 Å². The van der Waals surface area contributed by atoms with Crippen molar-refractivity contribution in [1.29, 1.82) is 0 Å². The van der Waals surface area contributed by atoms with Gasteiger partial charge in [-0.15, -0.1) is 0 Å². The van der Waals surface area contributed by atoms with Gasteiger partial charge in [0.15, 0.2) is 6.29 Å². The Morgan fingerprint density at radius 3 is 2.77 bits per heavy atom. The highest BCUT2D eigenvalue weighted by molar-refractivity contribution is 5.80. The normalized spacial score (nSPS) is 10.8. The summed E-state index contributed by atoms with van der Waals surface area (Å²) < 4.78 is 1.87. The zero-order valence-corrected chi connectivity index (χ0v) is 8.42. The molecule has 0 radical (unpaired) electrons. The minimum Gasteiger partial charge on any atom is -0.372 e. The maximum absolute atomic E-state index is 10.6. The van der Waals surface area contributed by atoms with Gasteiger partial charge in [-0.1, -0.05) is 13.8 Å². The predicted octanol–water partition coefficient (Wildman–Crippen LogP) is 1.72. The Hall–Kier alpha value is -1.19. The number of nitrogens with one attached hydrogen (secondary N) is 2. The average molecular weight is 183 g/mol. The van der Waals surface area contributed by atoms with E-state index in [-0.39, 0.29) is 0 Å². The fourth-order valence-corrected chi connectivity index (χ4v) is 1.20. The molecule has 0 bridgehead atoms. The molecular formula is C9H17N3O. The number of H-pyrrole nitrogens is 1. The first kappa shape index (κ1) is 9.89. The van der Waals surface area contributed by atoms with Crippen LogP contribution in [0.3, 0.4) is 0 Å². The van der Waals surface area contributed by atoms with Gasteiger partial charge in [-0.05, 0) is 12.3 Å². The van der Waals surface area contributed by atoms with Crippen LogP contribution in [-0.4, -0.2) is 23.1 Å². The number of carbonyl (C=O) groups excluding carboxylic acids is 1. The lowest BCUT2D eigenvalue weighted by Gasteiger charge is -2.20. The molecule has 0 atom stereocenters. The lowest BCUT2D eigenvalue weighted by atomic mass is 10.1. The summed E-state index contributed by atoms with van der Waals surface area (Å²) >= 11 is 0. The van der Waals surface area contributed by atoms with E-state index in [9.17, 15) is 4.79 Å². The van der Waals surface area contributed by atoms with Gasteiger partial charge >= 0.3 is 0 Å². The fourth-order valence-electron chi connectivity index (χ4n) is 1.20. The maximum atomic E-state index is 10.6. The lowest BCUT2D eigenvalue weighted by molar-refractivity contribution is 0.110. The Labute approximate surface area is 78.3 Å². The number of hydrogen-bond donors (Lipinski definition) is 2. The van der Waals surface area contributed by atoms with E-state index in [1.807, 2.05) is 4.68 Å². The molecule has 1 aromatic rings. The Morgan fingerprint density at radius 2 is 2.31 bits per heavy atom. The average Bonchev–Trinajstić information content (AvgIpc) is 2.03. The number of nitrogens with zero attached hydrogens (tertiary/aromatic N) is 1. The number of aromatic amines is 1. The van der Waals surface area contributed by atoms with Gasteiger partial charge in [-0.2, -0.15) is 0 Å². The highest BCUT2D eigenvalue weighted by atomic mass is 16.1. The molecule has 1 heterocycles. The van der Waals surface area contributed by atoms with Gasteiger partial charge in [-0.3, -0.25) is 14.6 Å². The van der Waals surface area contributed by atoms with Gasteiger partial charge in [0.25, 0.3) is 0 Å². The molecule has 0 saturated heterocycles. The number of aldehydes is 1. The van der Waals surface area contributed by atoms with Gasteiger partial charge < -0.3 is 5.32 Å². The van der Waals surface area contributed by atoms with E-state index in [0.29, 0.717) is 5.92 Å². The Bertz CT molecular complexity index is 273. The molecule has 13 heavy (non-hydrogen) atoms. The van der Waals surface area contributed by atoms with Crippen LogP contribution in [0.1, 0.15) is 30.8 Å². The van der Waals surface area contributed by atoms with Crippen molar-refractivity contribution >= 4 is 12.1 Å². The second-order valence-electron chi connectivity index (χ2n) is 3.57. The molecule has 0 aliphatic rings. The van der Waals surface area contributed by atoms with Gasteiger partial charge in [-0.25, -0.2) is 0 Å². The van der Waals surface area contributed by atoms with Crippen LogP contribution in [-0.2, 0) is 6.54 Å². The largest absolute Gasteiger partial charge is 0.372 e. The molecule has 0 spiro atoms. The molecule has 0 saturated carbocycles. The van der Waals surface area contributed by atoms with Crippen LogP contribution < -0.4 is 5.32 Å². The molecular weight excluding hydrogens is 166 g/mol. The molecule has 1 aromatic heterocycles. The van der Waals surface area contributed by atoms with E-state index in [1.165, 1.54) is 0 Å². The summed E-state index contributed by atoms with van der Waals surface area (Å²) in [6.45, 7) is 5.23. The van der Waals surface area contributed by atoms with Crippen LogP contribution in [0.4, 0.5) is 5.82 Å². The molecule has 0 fully saturated rings. The predicted molar refractivity (Wildman–Crippen MR) is 53.2 cm³/mol. The van der Waals surface area contributed by atoms with E-state index in [0.717, 1.165) is 30.8 Å². The number of aryl methyl sites for hydroxylation is 1. The van der Waals surface area contributed by atoms with Crippen molar-refractivity contribution in [2.24, 2.45) is 5.92 Å². The minimum absolute atomic E-state index is 0.660. The molecule has 74 valence electrons. The number of rotatable bonds is 5. The molecule has 4 nitrogen and oxygen atoms in total. The molecule has 0 amide bonds. The van der Waals surface area contributed by atoms with Crippen molar-refractivity contribution in [2.45, 2.75) is 26.8 Å². The highest BCUT2D eigenvalue weighted by Gasteiger charge is 2.11. The van der Waals surface area contributed by atoms with Crippen molar-refractivity contribution in [2.75, 3.05) is 12.4 Å². The minimum atomic E-state index is 0.660. The summed E-state index contributed by atoms with van der Waals surface area (Å²) in [6, 6.07) is 0. The third-order valence-electron chi connectivity index (χ3n) is 2.09. The van der Waals surface area contributed by atoms with Gasteiger partial charge in [0.05, 0.1) is 0 Å². The second-order valence-corrected chi connectivity index (χ2v) is 3.57. The van der Waals surface area contributed by atoms with Crippen LogP contribution in [0, 0.1) is 5.92 Å². The highest BCUT2D eigenvalue weighted by Crippen LogP contribution is 2.14. The van der Waals surface area contributed by atoms with Crippen molar-refractivity contribution in [1.82, 2.24) is 9.78 Å². The molecule has 0 aromatic carbocycles. The number of carbonyl (C=O) groups is 1. The molecule has 2 N–H and O–H groups in total. The Kier molecular flexibility index (Phi) is 3.17. The summed E-state index contributed by atoms with van der Waals surface area (Å²) in [7, 11) is 1.80. The van der Waals surface area contributed by atoms with Crippen LogP contribution in [0.5, 0.6) is 0 Å². The van der Waals surface area contributed by atoms with Crippen molar-refractivity contribution < 1.29 is 4.79 Å². The summed E-state index contributed by atoms with van der Waals surface area (Å²) in [4.78, 5) is 10.6. The third-order valence-corrected chi connectivity index (χ3v) is 2.09. The zero-order chi connectivity index (χ0) is 9.84. The fraction of sp³-hybridized carbons (Fsp3) is 0.667. The maximum Gasteiger partial charge on any atom is 0.171 e. The van der Waals surface area contributed by atoms with E-state index in [2.05, 4.69) is 24.3 Å². The van der Waals surface area contributed by atoms with Gasteiger partial charge in [0.1, 0.15) is 11.5 Å². The van der Waals surface area contributed by atoms with Crippen molar-refractivity contribution in [3.8, 4) is 0 Å². The van der Waals surface area contributed by atoms with Gasteiger partial charge in [0.2, 0.25) is 0 Å².